The summed E-state index contributed by atoms with van der Waals surface area (Å²) in [5.74, 6) is 0.751. The molecule has 5 heteroatoms. The van der Waals surface area contributed by atoms with Crippen molar-refractivity contribution in [2.45, 2.75) is 32.9 Å². The zero-order valence-corrected chi connectivity index (χ0v) is 14.3. The maximum absolute atomic E-state index is 4.58. The number of aryl methyl sites for hydroxylation is 1. The van der Waals surface area contributed by atoms with Crippen LogP contribution in [0.25, 0.3) is 11.0 Å². The van der Waals surface area contributed by atoms with Gasteiger partial charge in [0.2, 0.25) is 0 Å². The lowest BCUT2D eigenvalue weighted by atomic mass is 9.96. The Morgan fingerprint density at radius 3 is 2.83 bits per heavy atom. The summed E-state index contributed by atoms with van der Waals surface area (Å²) < 4.78 is 2.32. The normalized spacial score (nSPS) is 17.1. The maximum Gasteiger partial charge on any atom is 0.0958 e. The molecule has 3 aromatic rings. The fourth-order valence-corrected chi connectivity index (χ4v) is 4.07. The molecule has 0 bridgehead atoms. The standard InChI is InChI=1S/C18H22N4S/c1-14-20-16(12-23-14)11-21-8-6-15(7-9-21)10-22-13-19-17-4-2-3-5-18(17)22/h2-5,12-13,15H,6-11H2,1H3. The van der Waals surface area contributed by atoms with Crippen molar-refractivity contribution in [3.05, 3.63) is 46.7 Å². The van der Waals surface area contributed by atoms with E-state index in [4.69, 9.17) is 0 Å². The molecule has 0 atom stereocenters. The second-order valence-corrected chi connectivity index (χ2v) is 7.53. The summed E-state index contributed by atoms with van der Waals surface area (Å²) in [6, 6.07) is 8.41. The third-order valence-electron chi connectivity index (χ3n) is 4.74. The first-order chi connectivity index (χ1) is 11.3. The van der Waals surface area contributed by atoms with E-state index in [1.54, 1.807) is 11.3 Å². The largest absolute Gasteiger partial charge is 0.330 e. The number of aromatic nitrogens is 3. The molecule has 2 aromatic heterocycles. The first kappa shape index (κ1) is 14.8. The summed E-state index contributed by atoms with van der Waals surface area (Å²) in [5.41, 5.74) is 3.59. The van der Waals surface area contributed by atoms with Crippen LogP contribution in [-0.2, 0) is 13.1 Å². The van der Waals surface area contributed by atoms with Crippen molar-refractivity contribution in [2.24, 2.45) is 5.92 Å². The fraction of sp³-hybridized carbons (Fsp3) is 0.444. The Bertz CT molecular complexity index is 783. The van der Waals surface area contributed by atoms with Crippen molar-refractivity contribution in [1.29, 1.82) is 0 Å². The van der Waals surface area contributed by atoms with Crippen LogP contribution in [-0.4, -0.2) is 32.5 Å². The van der Waals surface area contributed by atoms with E-state index in [1.165, 1.54) is 42.1 Å². The summed E-state index contributed by atoms with van der Waals surface area (Å²) in [5, 5.41) is 3.36. The summed E-state index contributed by atoms with van der Waals surface area (Å²) in [6.45, 7) is 6.52. The molecule has 0 unspecified atom stereocenters. The van der Waals surface area contributed by atoms with Gasteiger partial charge in [-0.3, -0.25) is 4.90 Å². The molecule has 0 N–H and O–H groups in total. The number of benzene rings is 1. The molecule has 0 saturated carbocycles. The Balaban J connectivity index is 1.34. The summed E-state index contributed by atoms with van der Waals surface area (Å²) in [6.07, 6.45) is 4.51. The lowest BCUT2D eigenvalue weighted by Crippen LogP contribution is -2.34. The Morgan fingerprint density at radius 2 is 2.04 bits per heavy atom. The predicted octanol–water partition coefficient (Wildman–Crippen LogP) is 3.71. The first-order valence-corrected chi connectivity index (χ1v) is 9.19. The molecule has 0 aliphatic carbocycles. The minimum Gasteiger partial charge on any atom is -0.330 e. The van der Waals surface area contributed by atoms with Crippen molar-refractivity contribution in [1.82, 2.24) is 19.4 Å². The fourth-order valence-electron chi connectivity index (χ4n) is 3.47. The Kier molecular flexibility index (Phi) is 4.14. The Morgan fingerprint density at radius 1 is 1.22 bits per heavy atom. The molecule has 1 aliphatic rings. The molecule has 0 amide bonds. The quantitative estimate of drug-likeness (QED) is 0.733. The number of nitrogens with zero attached hydrogens (tertiary/aromatic N) is 4. The average molecular weight is 326 g/mol. The lowest BCUT2D eigenvalue weighted by Gasteiger charge is -2.31. The van der Waals surface area contributed by atoms with Gasteiger partial charge in [0.05, 0.1) is 28.1 Å². The molecule has 1 aromatic carbocycles. The van der Waals surface area contributed by atoms with Crippen LogP contribution >= 0.6 is 11.3 Å². The van der Waals surface area contributed by atoms with Gasteiger partial charge < -0.3 is 4.57 Å². The van der Waals surface area contributed by atoms with Gasteiger partial charge in [0, 0.05) is 18.5 Å². The minimum atomic E-state index is 0.751. The van der Waals surface area contributed by atoms with Gasteiger partial charge in [-0.05, 0) is 50.9 Å². The number of likely N-dealkylation sites (tertiary alicyclic amines) is 1. The van der Waals surface area contributed by atoms with Crippen LogP contribution in [0, 0.1) is 12.8 Å². The number of imidazole rings is 1. The van der Waals surface area contributed by atoms with Crippen LogP contribution in [0.15, 0.2) is 36.0 Å². The molecule has 1 fully saturated rings. The van der Waals surface area contributed by atoms with E-state index in [0.717, 1.165) is 24.5 Å². The first-order valence-electron chi connectivity index (χ1n) is 8.31. The summed E-state index contributed by atoms with van der Waals surface area (Å²) in [4.78, 5) is 11.6. The summed E-state index contributed by atoms with van der Waals surface area (Å²) >= 11 is 1.75. The zero-order valence-electron chi connectivity index (χ0n) is 13.5. The molecule has 3 heterocycles. The number of rotatable bonds is 4. The van der Waals surface area contributed by atoms with Crippen molar-refractivity contribution in [3.8, 4) is 0 Å². The molecule has 0 radical (unpaired) electrons. The van der Waals surface area contributed by atoms with Gasteiger partial charge in [-0.25, -0.2) is 9.97 Å². The van der Waals surface area contributed by atoms with Crippen molar-refractivity contribution in [3.63, 3.8) is 0 Å². The van der Waals surface area contributed by atoms with E-state index in [-0.39, 0.29) is 0 Å². The highest BCUT2D eigenvalue weighted by Crippen LogP contribution is 2.23. The van der Waals surface area contributed by atoms with E-state index in [0.29, 0.717) is 0 Å². The highest BCUT2D eigenvalue weighted by molar-refractivity contribution is 7.09. The molecule has 4 rings (SSSR count). The molecule has 0 spiro atoms. The molecule has 4 nitrogen and oxygen atoms in total. The SMILES string of the molecule is Cc1nc(CN2CCC(Cn3cnc4ccccc43)CC2)cs1. The Hall–Kier alpha value is -1.72. The van der Waals surface area contributed by atoms with Gasteiger partial charge in [-0.2, -0.15) is 0 Å². The van der Waals surface area contributed by atoms with Gasteiger partial charge in [0.1, 0.15) is 0 Å². The van der Waals surface area contributed by atoms with Crippen LogP contribution in [0.3, 0.4) is 0 Å². The topological polar surface area (TPSA) is 34.0 Å². The van der Waals surface area contributed by atoms with Crippen molar-refractivity contribution >= 4 is 22.4 Å². The lowest BCUT2D eigenvalue weighted by molar-refractivity contribution is 0.166. The second kappa shape index (κ2) is 6.42. The van der Waals surface area contributed by atoms with E-state index >= 15 is 0 Å². The minimum absolute atomic E-state index is 0.751. The smallest absolute Gasteiger partial charge is 0.0958 e. The summed E-state index contributed by atoms with van der Waals surface area (Å²) in [7, 11) is 0. The highest BCUT2D eigenvalue weighted by Gasteiger charge is 2.20. The molecule has 120 valence electrons. The third kappa shape index (κ3) is 3.31. The van der Waals surface area contributed by atoms with Gasteiger partial charge in [-0.15, -0.1) is 11.3 Å². The molecule has 23 heavy (non-hydrogen) atoms. The monoisotopic (exact) mass is 326 g/mol. The Labute approximate surface area is 140 Å². The molecular weight excluding hydrogens is 304 g/mol. The van der Waals surface area contributed by atoms with Crippen LogP contribution in [0.5, 0.6) is 0 Å². The number of piperidine rings is 1. The number of para-hydroxylation sites is 2. The zero-order chi connectivity index (χ0) is 15.6. The average Bonchev–Trinajstić information content (AvgIpc) is 3.16. The highest BCUT2D eigenvalue weighted by atomic mass is 32.1. The van der Waals surface area contributed by atoms with Crippen molar-refractivity contribution < 1.29 is 0 Å². The number of hydrogen-bond donors (Lipinski definition) is 0. The molecule has 1 aliphatic heterocycles. The van der Waals surface area contributed by atoms with E-state index in [1.807, 2.05) is 6.33 Å². The molecule has 1 saturated heterocycles. The van der Waals surface area contributed by atoms with E-state index < -0.39 is 0 Å². The van der Waals surface area contributed by atoms with Gasteiger partial charge in [0.25, 0.3) is 0 Å². The van der Waals surface area contributed by atoms with E-state index in [9.17, 15) is 0 Å². The maximum atomic E-state index is 4.58. The van der Waals surface area contributed by atoms with Gasteiger partial charge >= 0.3 is 0 Å². The third-order valence-corrected chi connectivity index (χ3v) is 5.56. The molecular formula is C18H22N4S. The number of hydrogen-bond acceptors (Lipinski definition) is 4. The number of fused-ring (bicyclic) bond motifs is 1. The predicted molar refractivity (Wildman–Crippen MR) is 94.6 cm³/mol. The van der Waals surface area contributed by atoms with Crippen LogP contribution in [0.4, 0.5) is 0 Å². The van der Waals surface area contributed by atoms with Crippen LogP contribution in [0.1, 0.15) is 23.5 Å². The van der Waals surface area contributed by atoms with Gasteiger partial charge in [0.15, 0.2) is 0 Å². The number of thiazole rings is 1. The van der Waals surface area contributed by atoms with Crippen LogP contribution in [0.2, 0.25) is 0 Å². The van der Waals surface area contributed by atoms with Crippen molar-refractivity contribution in [2.75, 3.05) is 13.1 Å². The van der Waals surface area contributed by atoms with E-state index in [2.05, 4.69) is 56.0 Å². The van der Waals surface area contributed by atoms with Crippen LogP contribution < -0.4 is 0 Å². The second-order valence-electron chi connectivity index (χ2n) is 6.46. The van der Waals surface area contributed by atoms with Gasteiger partial charge in [-0.1, -0.05) is 12.1 Å².